The Balaban J connectivity index is 2.14. The lowest BCUT2D eigenvalue weighted by atomic mass is 10.0. The molecule has 0 unspecified atom stereocenters. The van der Waals surface area contributed by atoms with E-state index >= 15 is 0 Å². The number of anilines is 1. The smallest absolute Gasteiger partial charge is 0.230 e. The summed E-state index contributed by atoms with van der Waals surface area (Å²) < 4.78 is 10.9. The lowest BCUT2D eigenvalue weighted by Crippen LogP contribution is -1.87. The highest BCUT2D eigenvalue weighted by molar-refractivity contribution is 5.85. The van der Waals surface area contributed by atoms with Gasteiger partial charge in [0, 0.05) is 6.42 Å². The molecule has 3 rings (SSSR count). The first kappa shape index (κ1) is 12.5. The van der Waals surface area contributed by atoms with Gasteiger partial charge in [-0.05, 0) is 24.6 Å². The summed E-state index contributed by atoms with van der Waals surface area (Å²) in [6, 6.07) is 11.9. The maximum absolute atomic E-state index is 5.93. The van der Waals surface area contributed by atoms with Gasteiger partial charge in [0.15, 0.2) is 11.5 Å². The van der Waals surface area contributed by atoms with Crippen LogP contribution in [0.1, 0.15) is 18.2 Å². The lowest BCUT2D eigenvalue weighted by molar-refractivity contribution is 0.434. The van der Waals surface area contributed by atoms with Gasteiger partial charge in [0.25, 0.3) is 0 Å². The van der Waals surface area contributed by atoms with Crippen molar-refractivity contribution in [3.05, 3.63) is 47.7 Å². The maximum atomic E-state index is 5.93. The first-order valence-corrected chi connectivity index (χ1v) is 6.60. The highest BCUT2D eigenvalue weighted by atomic mass is 16.5. The monoisotopic (exact) mass is 268 g/mol. The Bertz CT molecular complexity index is 741. The number of aryl methyl sites for hydroxylation is 2. The van der Waals surface area contributed by atoms with Crippen molar-refractivity contribution < 1.29 is 8.94 Å². The topological polar surface area (TPSA) is 65.2 Å². The third kappa shape index (κ3) is 2.09. The van der Waals surface area contributed by atoms with Gasteiger partial charge in [-0.25, -0.2) is 0 Å². The zero-order valence-electron chi connectivity index (χ0n) is 11.5. The minimum Gasteiger partial charge on any atom is -0.459 e. The van der Waals surface area contributed by atoms with Crippen molar-refractivity contribution in [1.82, 2.24) is 5.16 Å². The van der Waals surface area contributed by atoms with Crippen molar-refractivity contribution in [2.45, 2.75) is 20.3 Å². The van der Waals surface area contributed by atoms with Gasteiger partial charge in [0.1, 0.15) is 5.76 Å². The van der Waals surface area contributed by atoms with Crippen LogP contribution in [0.15, 0.2) is 45.3 Å². The van der Waals surface area contributed by atoms with E-state index in [2.05, 4.69) is 11.2 Å². The first-order chi connectivity index (χ1) is 9.69. The number of nitrogens with zero attached hydrogens (tertiary/aromatic N) is 1. The van der Waals surface area contributed by atoms with E-state index in [4.69, 9.17) is 14.7 Å². The number of rotatable bonds is 3. The molecule has 2 aromatic heterocycles. The molecule has 0 spiro atoms. The van der Waals surface area contributed by atoms with Gasteiger partial charge >= 0.3 is 0 Å². The van der Waals surface area contributed by atoms with Gasteiger partial charge in [-0.15, -0.1) is 0 Å². The number of nitrogen functional groups attached to an aromatic ring is 1. The Morgan fingerprint density at radius 2 is 2.05 bits per heavy atom. The Morgan fingerprint density at radius 3 is 2.75 bits per heavy atom. The first-order valence-electron chi connectivity index (χ1n) is 6.60. The van der Waals surface area contributed by atoms with Gasteiger partial charge in [-0.2, -0.15) is 0 Å². The SMILES string of the molecule is CCc1ccc(-c2noc(N)c2-c2cccc(C)c2)o1. The normalized spacial score (nSPS) is 10.9. The van der Waals surface area contributed by atoms with Crippen LogP contribution in [0.5, 0.6) is 0 Å². The van der Waals surface area contributed by atoms with Crippen LogP contribution in [0.3, 0.4) is 0 Å². The quantitative estimate of drug-likeness (QED) is 0.778. The van der Waals surface area contributed by atoms with Gasteiger partial charge in [-0.1, -0.05) is 41.9 Å². The molecule has 20 heavy (non-hydrogen) atoms. The number of aromatic nitrogens is 1. The zero-order valence-corrected chi connectivity index (χ0v) is 11.5. The second kappa shape index (κ2) is 4.89. The van der Waals surface area contributed by atoms with Gasteiger partial charge in [0.05, 0.1) is 5.56 Å². The Kier molecular flexibility index (Phi) is 3.06. The number of hydrogen-bond donors (Lipinski definition) is 1. The zero-order chi connectivity index (χ0) is 14.1. The number of nitrogens with two attached hydrogens (primary N) is 1. The van der Waals surface area contributed by atoms with Crippen LogP contribution >= 0.6 is 0 Å². The minimum atomic E-state index is 0.306. The maximum Gasteiger partial charge on any atom is 0.230 e. The van der Waals surface area contributed by atoms with E-state index in [-0.39, 0.29) is 0 Å². The minimum absolute atomic E-state index is 0.306. The van der Waals surface area contributed by atoms with E-state index in [1.165, 1.54) is 0 Å². The molecule has 102 valence electrons. The fourth-order valence-corrected chi connectivity index (χ4v) is 2.25. The van der Waals surface area contributed by atoms with E-state index in [0.717, 1.165) is 28.9 Å². The van der Waals surface area contributed by atoms with Crippen LogP contribution in [-0.4, -0.2) is 5.16 Å². The highest BCUT2D eigenvalue weighted by Crippen LogP contribution is 2.37. The molecule has 0 saturated carbocycles. The molecular formula is C16H16N2O2. The summed E-state index contributed by atoms with van der Waals surface area (Å²) >= 11 is 0. The summed E-state index contributed by atoms with van der Waals surface area (Å²) in [4.78, 5) is 0. The van der Waals surface area contributed by atoms with E-state index in [1.807, 2.05) is 44.2 Å². The molecule has 0 radical (unpaired) electrons. The second-order valence-corrected chi connectivity index (χ2v) is 4.76. The Hall–Kier alpha value is -2.49. The van der Waals surface area contributed by atoms with Crippen LogP contribution in [-0.2, 0) is 6.42 Å². The number of furan rings is 1. The average molecular weight is 268 g/mol. The van der Waals surface area contributed by atoms with Gasteiger partial charge in [-0.3, -0.25) is 0 Å². The summed E-state index contributed by atoms with van der Waals surface area (Å²) in [5.74, 6) is 1.90. The summed E-state index contributed by atoms with van der Waals surface area (Å²) in [5.41, 5.74) is 9.49. The molecule has 0 aliphatic carbocycles. The summed E-state index contributed by atoms with van der Waals surface area (Å²) in [5, 5.41) is 4.05. The fourth-order valence-electron chi connectivity index (χ4n) is 2.25. The average Bonchev–Trinajstić information content (AvgIpc) is 3.04. The van der Waals surface area contributed by atoms with Crippen molar-refractivity contribution in [1.29, 1.82) is 0 Å². The predicted molar refractivity (Wildman–Crippen MR) is 78.2 cm³/mol. The van der Waals surface area contributed by atoms with Crippen LogP contribution in [0.4, 0.5) is 5.88 Å². The van der Waals surface area contributed by atoms with Gasteiger partial charge in [0.2, 0.25) is 5.88 Å². The molecule has 3 aromatic rings. The number of hydrogen-bond acceptors (Lipinski definition) is 4. The molecule has 0 bridgehead atoms. The molecule has 0 atom stereocenters. The molecule has 1 aromatic carbocycles. The van der Waals surface area contributed by atoms with Crippen LogP contribution in [0, 0.1) is 6.92 Å². The summed E-state index contributed by atoms with van der Waals surface area (Å²) in [6.45, 7) is 4.08. The van der Waals surface area contributed by atoms with Crippen molar-refractivity contribution in [2.24, 2.45) is 0 Å². The molecule has 2 N–H and O–H groups in total. The largest absolute Gasteiger partial charge is 0.459 e. The van der Waals surface area contributed by atoms with Crippen molar-refractivity contribution in [3.8, 4) is 22.6 Å². The molecule has 0 aliphatic heterocycles. The van der Waals surface area contributed by atoms with Gasteiger partial charge < -0.3 is 14.7 Å². The van der Waals surface area contributed by atoms with Crippen molar-refractivity contribution >= 4 is 5.88 Å². The van der Waals surface area contributed by atoms with E-state index in [1.54, 1.807) is 0 Å². The van der Waals surface area contributed by atoms with Crippen molar-refractivity contribution in [3.63, 3.8) is 0 Å². The standard InChI is InChI=1S/C16H16N2O2/c1-3-12-7-8-13(19-12)15-14(16(17)20-18-15)11-6-4-5-10(2)9-11/h4-9H,3,17H2,1-2H3. The molecule has 4 heteroatoms. The Morgan fingerprint density at radius 1 is 1.20 bits per heavy atom. The van der Waals surface area contributed by atoms with Crippen LogP contribution in [0.25, 0.3) is 22.6 Å². The molecular weight excluding hydrogens is 252 g/mol. The molecule has 0 aliphatic rings. The van der Waals surface area contributed by atoms with E-state index < -0.39 is 0 Å². The van der Waals surface area contributed by atoms with E-state index in [0.29, 0.717) is 17.3 Å². The predicted octanol–water partition coefficient (Wildman–Crippen LogP) is 4.05. The van der Waals surface area contributed by atoms with Crippen LogP contribution in [0.2, 0.25) is 0 Å². The molecule has 0 saturated heterocycles. The third-order valence-corrected chi connectivity index (χ3v) is 3.27. The van der Waals surface area contributed by atoms with E-state index in [9.17, 15) is 0 Å². The number of benzene rings is 1. The molecule has 2 heterocycles. The molecule has 0 amide bonds. The summed E-state index contributed by atoms with van der Waals surface area (Å²) in [7, 11) is 0. The van der Waals surface area contributed by atoms with Crippen molar-refractivity contribution in [2.75, 3.05) is 5.73 Å². The third-order valence-electron chi connectivity index (χ3n) is 3.27. The Labute approximate surface area is 117 Å². The second-order valence-electron chi connectivity index (χ2n) is 4.76. The molecule has 4 nitrogen and oxygen atoms in total. The fraction of sp³-hybridized carbons (Fsp3) is 0.188. The van der Waals surface area contributed by atoms with Crippen LogP contribution < -0.4 is 5.73 Å². The lowest BCUT2D eigenvalue weighted by Gasteiger charge is -2.02. The summed E-state index contributed by atoms with van der Waals surface area (Å²) in [6.07, 6.45) is 0.840. The molecule has 0 fully saturated rings. The highest BCUT2D eigenvalue weighted by Gasteiger charge is 2.20.